The minimum absolute atomic E-state index is 0.00203. The molecule has 2 bridgehead atoms. The van der Waals surface area contributed by atoms with Crippen LogP contribution in [0.2, 0.25) is 0 Å². The van der Waals surface area contributed by atoms with E-state index in [1.54, 1.807) is 16.2 Å². The third-order valence-corrected chi connectivity index (χ3v) is 14.3. The van der Waals surface area contributed by atoms with Gasteiger partial charge in [-0.3, -0.25) is 24.3 Å². The maximum atomic E-state index is 16.7. The van der Waals surface area contributed by atoms with E-state index in [9.17, 15) is 29.0 Å². The van der Waals surface area contributed by atoms with Crippen molar-refractivity contribution in [2.24, 2.45) is 11.1 Å². The quantitative estimate of drug-likeness (QED) is 0.0698. The second kappa shape index (κ2) is 22.9. The van der Waals surface area contributed by atoms with E-state index >= 15 is 4.39 Å². The molecule has 3 unspecified atom stereocenters. The van der Waals surface area contributed by atoms with Gasteiger partial charge in [0.2, 0.25) is 18.2 Å². The number of phenolic OH excluding ortho intramolecular Hbond substituents is 1. The first-order valence-electron chi connectivity index (χ1n) is 24.6. The number of aromatic nitrogens is 4. The van der Waals surface area contributed by atoms with Crippen LogP contribution in [0.1, 0.15) is 76.1 Å². The van der Waals surface area contributed by atoms with Crippen molar-refractivity contribution in [1.82, 2.24) is 40.4 Å². The van der Waals surface area contributed by atoms with Gasteiger partial charge in [0.05, 0.1) is 39.7 Å². The number of aryl methyl sites for hydroxylation is 1. The molecular formula is C54H62F2N10O6S. The predicted molar refractivity (Wildman–Crippen MR) is 278 cm³/mol. The fourth-order valence-corrected chi connectivity index (χ4v) is 10.6. The minimum Gasteiger partial charge on any atom is -0.508 e. The average Bonchev–Trinajstić information content (AvgIpc) is 4.09. The van der Waals surface area contributed by atoms with Gasteiger partial charge in [-0.15, -0.1) is 17.8 Å². The first kappa shape index (κ1) is 52.5. The van der Waals surface area contributed by atoms with Crippen LogP contribution in [-0.2, 0) is 20.9 Å². The van der Waals surface area contributed by atoms with Crippen molar-refractivity contribution in [2.45, 2.75) is 97.1 Å². The Labute approximate surface area is 427 Å². The lowest BCUT2D eigenvalue weighted by Crippen LogP contribution is -2.51. The van der Waals surface area contributed by atoms with Crippen molar-refractivity contribution in [3.05, 3.63) is 88.7 Å². The number of aromatic hydroxyl groups is 1. The summed E-state index contributed by atoms with van der Waals surface area (Å²) >= 11 is 1.64. The van der Waals surface area contributed by atoms with Crippen molar-refractivity contribution in [3.8, 4) is 45.8 Å². The average molecular weight is 1020 g/mol. The van der Waals surface area contributed by atoms with E-state index < -0.39 is 11.6 Å². The number of β-amino-alcohol motifs (C(OH)–C–C–N with tert-alkyl or cyclic N) is 1. The number of thiazole rings is 1. The smallest absolute Gasteiger partial charge is 0.319 e. The van der Waals surface area contributed by atoms with E-state index in [4.69, 9.17) is 21.9 Å². The highest BCUT2D eigenvalue weighted by atomic mass is 32.1. The van der Waals surface area contributed by atoms with Crippen LogP contribution in [0, 0.1) is 36.3 Å². The number of piperazine rings is 1. The first-order valence-corrected chi connectivity index (χ1v) is 25.4. The predicted octanol–water partition coefficient (Wildman–Crippen LogP) is 6.46. The summed E-state index contributed by atoms with van der Waals surface area (Å²) in [6.07, 6.45) is 12.0. The lowest BCUT2D eigenvalue weighted by Gasteiger charge is -2.34. The molecule has 10 rings (SSSR count). The van der Waals surface area contributed by atoms with Gasteiger partial charge in [0.25, 0.3) is 0 Å². The van der Waals surface area contributed by atoms with Crippen molar-refractivity contribution < 1.29 is 38.1 Å². The Kier molecular flexibility index (Phi) is 16.5. The van der Waals surface area contributed by atoms with E-state index in [1.807, 2.05) is 29.5 Å². The number of anilines is 1. The number of aliphatic hydroxyl groups is 1. The van der Waals surface area contributed by atoms with Gasteiger partial charge in [0.15, 0.2) is 5.82 Å². The summed E-state index contributed by atoms with van der Waals surface area (Å²) in [7, 11) is 0. The molecule has 4 aliphatic heterocycles. The summed E-state index contributed by atoms with van der Waals surface area (Å²) in [5.74, 6) is 1.15. The highest BCUT2D eigenvalue weighted by Gasteiger charge is 2.35. The van der Waals surface area contributed by atoms with Gasteiger partial charge in [0, 0.05) is 81.5 Å². The van der Waals surface area contributed by atoms with Crippen LogP contribution < -0.4 is 26.0 Å². The number of amides is 3. The molecular weight excluding hydrogens is 955 g/mol. The van der Waals surface area contributed by atoms with Gasteiger partial charge in [-0.25, -0.2) is 13.8 Å². The fraction of sp³-hybridized carbons (Fsp3) is 0.426. The monoisotopic (exact) mass is 1020 g/mol. The van der Waals surface area contributed by atoms with Crippen molar-refractivity contribution in [3.63, 3.8) is 0 Å². The Morgan fingerprint density at radius 2 is 1.73 bits per heavy atom. The molecule has 3 amide bonds. The lowest BCUT2D eigenvalue weighted by atomic mass is 9.92. The number of fused-ring (bicyclic) bond motifs is 4. The summed E-state index contributed by atoms with van der Waals surface area (Å²) in [4.78, 5) is 58.2. The van der Waals surface area contributed by atoms with Crippen LogP contribution in [0.15, 0.2) is 60.2 Å². The molecule has 3 aromatic heterocycles. The number of nitrogens with one attached hydrogen (secondary N) is 2. The van der Waals surface area contributed by atoms with E-state index in [2.05, 4.69) is 69.3 Å². The Hall–Kier alpha value is -6.85. The number of nitrogens with zero attached hydrogens (tertiary/aromatic N) is 7. The standard InChI is InChI=1S/C32H31F2N7O3.C12H12N2OS.C10H19NO2/c1-2-22-25(33)6-3-17-11-20(42)12-23(27(17)22)29-28(34)30-24(13-36-29)31(41-14-18-4-5-19(15-41)37-18)39-32(38-30)44-21-7-9-40(10-8-21)16-26(35)43;1-9-12(16-8-14-9)11-4-2-10(3-5-11)6-13-7-15;1-10(2,3)6-9(13)11-5-4-8(12)7-11/h1,3,6,11-13,18-19,21,37,42H,4-5,7-10,14-16H2,(H2,35,43);2-5,7-8H,6H2,1H3,(H,13,15);8,12H,4-7H2,1-3H3. The molecule has 7 heterocycles. The third kappa shape index (κ3) is 12.9. The SMILES string of the molecule is C#Cc1c(F)ccc2cc(O)cc(-c3ncc4c(N5CC6CCC(C5)N6)nc(OC5CCN(CC(N)=O)CC5)nc4c3F)c12.CC(C)(C)CC(=O)N1CCC(O)C1.Cc1ncsc1-c1ccc(CNC=O)cc1. The van der Waals surface area contributed by atoms with E-state index in [0.29, 0.717) is 93.6 Å². The molecule has 19 heteroatoms. The number of aliphatic hydroxyl groups excluding tert-OH is 1. The fourth-order valence-electron chi connectivity index (χ4n) is 9.83. The normalized spacial score (nSPS) is 18.9. The number of halogens is 2. The van der Waals surface area contributed by atoms with Crippen LogP contribution in [0.3, 0.4) is 0 Å². The maximum absolute atomic E-state index is 16.7. The highest BCUT2D eigenvalue weighted by molar-refractivity contribution is 7.13. The molecule has 6 N–H and O–H groups in total. The van der Waals surface area contributed by atoms with Gasteiger partial charge in [-0.05, 0) is 79.2 Å². The number of phenols is 1. The molecule has 3 aromatic carbocycles. The second-order valence-electron chi connectivity index (χ2n) is 20.3. The van der Waals surface area contributed by atoms with Crippen molar-refractivity contribution in [2.75, 3.05) is 50.7 Å². The Morgan fingerprint density at radius 1 is 1.00 bits per heavy atom. The van der Waals surface area contributed by atoms with Gasteiger partial charge in [0.1, 0.15) is 34.7 Å². The first-order chi connectivity index (χ1) is 35.0. The summed E-state index contributed by atoms with van der Waals surface area (Å²) in [5.41, 5.74) is 10.6. The van der Waals surface area contributed by atoms with E-state index in [0.717, 1.165) is 37.1 Å². The third-order valence-electron chi connectivity index (χ3n) is 13.3. The number of likely N-dealkylation sites (tertiary alicyclic amines) is 2. The zero-order chi connectivity index (χ0) is 52.0. The van der Waals surface area contributed by atoms with Crippen LogP contribution in [0.25, 0.3) is 43.4 Å². The number of benzene rings is 3. The number of piperidine rings is 1. The van der Waals surface area contributed by atoms with Gasteiger partial charge in [-0.1, -0.05) is 57.0 Å². The van der Waals surface area contributed by atoms with E-state index in [1.165, 1.54) is 40.9 Å². The largest absolute Gasteiger partial charge is 0.508 e. The van der Waals surface area contributed by atoms with Gasteiger partial charge >= 0.3 is 6.01 Å². The van der Waals surface area contributed by atoms with Gasteiger partial charge in [-0.2, -0.15) is 9.97 Å². The molecule has 4 saturated heterocycles. The molecule has 4 fully saturated rings. The Morgan fingerprint density at radius 3 is 2.34 bits per heavy atom. The summed E-state index contributed by atoms with van der Waals surface area (Å²) in [6, 6.07) is 14.3. The summed E-state index contributed by atoms with van der Waals surface area (Å²) in [6.45, 7) is 12.8. The molecule has 16 nitrogen and oxygen atoms in total. The second-order valence-corrected chi connectivity index (χ2v) is 21.1. The van der Waals surface area contributed by atoms with Crippen LogP contribution in [-0.4, -0.2) is 128 Å². The zero-order valence-electron chi connectivity index (χ0n) is 41.5. The molecule has 0 radical (unpaired) electrons. The Balaban J connectivity index is 0.000000199. The number of primary amides is 1. The molecule has 4 aliphatic rings. The molecule has 3 atom stereocenters. The zero-order valence-corrected chi connectivity index (χ0v) is 42.4. The topological polar surface area (TPSA) is 212 Å². The number of carbonyl (C=O) groups excluding carboxylic acids is 3. The van der Waals surface area contributed by atoms with Crippen molar-refractivity contribution >= 4 is 57.1 Å². The molecule has 73 heavy (non-hydrogen) atoms. The Bertz CT molecular complexity index is 3000. The number of nitrogens with two attached hydrogens (primary N) is 1. The maximum Gasteiger partial charge on any atom is 0.319 e. The lowest BCUT2D eigenvalue weighted by molar-refractivity contribution is -0.132. The van der Waals surface area contributed by atoms with E-state index in [-0.39, 0.29) is 75.5 Å². The molecule has 0 spiro atoms. The number of hydrogen-bond acceptors (Lipinski definition) is 14. The minimum atomic E-state index is -0.760. The highest BCUT2D eigenvalue weighted by Crippen LogP contribution is 2.40. The summed E-state index contributed by atoms with van der Waals surface area (Å²) in [5, 5.41) is 27.1. The number of terminal acetylenes is 1. The number of rotatable bonds is 11. The number of hydrogen-bond donors (Lipinski definition) is 5. The molecule has 6 aromatic rings. The van der Waals surface area contributed by atoms with Crippen LogP contribution in [0.5, 0.6) is 11.8 Å². The molecule has 0 aliphatic carbocycles. The number of carbonyl (C=O) groups is 3. The number of ether oxygens (including phenoxy) is 1. The van der Waals surface area contributed by atoms with Crippen LogP contribution in [0.4, 0.5) is 14.6 Å². The van der Waals surface area contributed by atoms with Gasteiger partial charge < -0.3 is 41.1 Å². The van der Waals surface area contributed by atoms with Crippen molar-refractivity contribution in [1.29, 1.82) is 0 Å². The molecule has 0 saturated carbocycles. The number of pyridine rings is 1. The van der Waals surface area contributed by atoms with Crippen LogP contribution >= 0.6 is 11.3 Å². The summed E-state index contributed by atoms with van der Waals surface area (Å²) < 4.78 is 37.7. The molecule has 384 valence electrons.